The number of methoxy groups -OCH3 is 1. The van der Waals surface area contributed by atoms with Gasteiger partial charge in [0.05, 0.1) is 12.1 Å². The Morgan fingerprint density at radius 1 is 1.56 bits per heavy atom. The summed E-state index contributed by atoms with van der Waals surface area (Å²) in [6, 6.07) is 0. The first-order chi connectivity index (χ1) is 8.83. The van der Waals surface area contributed by atoms with E-state index in [9.17, 15) is 0 Å². The predicted octanol–water partition coefficient (Wildman–Crippen LogP) is 3.17. The maximum absolute atomic E-state index is 5.18. The van der Waals surface area contributed by atoms with E-state index in [1.807, 2.05) is 6.20 Å². The van der Waals surface area contributed by atoms with Gasteiger partial charge in [0.2, 0.25) is 0 Å². The van der Waals surface area contributed by atoms with Crippen molar-refractivity contribution < 1.29 is 4.74 Å². The summed E-state index contributed by atoms with van der Waals surface area (Å²) in [6.07, 6.45) is 8.34. The zero-order valence-corrected chi connectivity index (χ0v) is 12.3. The molecule has 2 atom stereocenters. The summed E-state index contributed by atoms with van der Waals surface area (Å²) in [5.74, 6) is 0.703. The summed E-state index contributed by atoms with van der Waals surface area (Å²) in [6.45, 7) is 3.98. The third kappa shape index (κ3) is 2.76. The molecule has 1 aromatic rings. The summed E-state index contributed by atoms with van der Waals surface area (Å²) in [5.41, 5.74) is 0.0969. The van der Waals surface area contributed by atoms with Crippen molar-refractivity contribution in [1.29, 1.82) is 0 Å². The fourth-order valence-electron chi connectivity index (χ4n) is 3.21. The van der Waals surface area contributed by atoms with Crippen LogP contribution in [-0.4, -0.2) is 25.2 Å². The molecule has 3 nitrogen and oxygen atoms in total. The third-order valence-corrected chi connectivity index (χ3v) is 5.07. The lowest BCUT2D eigenvalue weighted by Gasteiger charge is -2.43. The highest BCUT2D eigenvalue weighted by atomic mass is 32.1. The van der Waals surface area contributed by atoms with Gasteiger partial charge in [-0.15, -0.1) is 11.3 Å². The molecule has 2 rings (SSSR count). The molecule has 1 aliphatic rings. The number of hydrogen-bond donors (Lipinski definition) is 1. The van der Waals surface area contributed by atoms with E-state index in [2.05, 4.69) is 22.6 Å². The van der Waals surface area contributed by atoms with Crippen molar-refractivity contribution in [2.75, 3.05) is 20.3 Å². The Labute approximate surface area is 114 Å². The van der Waals surface area contributed by atoms with Gasteiger partial charge in [0.15, 0.2) is 0 Å². The van der Waals surface area contributed by atoms with Crippen LogP contribution in [0.2, 0.25) is 0 Å². The molecule has 1 N–H and O–H groups in total. The zero-order valence-electron chi connectivity index (χ0n) is 11.4. The average Bonchev–Trinajstić information content (AvgIpc) is 2.94. The second-order valence-electron chi connectivity index (χ2n) is 5.08. The summed E-state index contributed by atoms with van der Waals surface area (Å²) >= 11 is 1.79. The lowest BCUT2D eigenvalue weighted by molar-refractivity contribution is 0.115. The Balaban J connectivity index is 2.20. The summed E-state index contributed by atoms with van der Waals surface area (Å²) < 4.78 is 5.18. The summed E-state index contributed by atoms with van der Waals surface area (Å²) in [4.78, 5) is 4.60. The maximum Gasteiger partial charge on any atom is 0.113 e. The highest BCUT2D eigenvalue weighted by molar-refractivity contribution is 7.09. The Hall–Kier alpha value is -0.450. The van der Waals surface area contributed by atoms with Crippen LogP contribution in [0.3, 0.4) is 0 Å². The topological polar surface area (TPSA) is 34.1 Å². The average molecular weight is 268 g/mol. The predicted molar refractivity (Wildman–Crippen MR) is 75.9 cm³/mol. The van der Waals surface area contributed by atoms with Crippen LogP contribution in [0.15, 0.2) is 11.6 Å². The molecule has 1 saturated carbocycles. The van der Waals surface area contributed by atoms with Gasteiger partial charge in [-0.3, -0.25) is 0 Å². The normalized spacial score (nSPS) is 28.4. The van der Waals surface area contributed by atoms with Crippen LogP contribution in [0.5, 0.6) is 0 Å². The van der Waals surface area contributed by atoms with Crippen molar-refractivity contribution in [2.45, 2.75) is 44.6 Å². The minimum Gasteiger partial charge on any atom is -0.383 e. The first-order valence-corrected chi connectivity index (χ1v) is 7.85. The van der Waals surface area contributed by atoms with E-state index >= 15 is 0 Å². The fraction of sp³-hybridized carbons (Fsp3) is 0.786. The Morgan fingerprint density at radius 2 is 2.44 bits per heavy atom. The van der Waals surface area contributed by atoms with Crippen LogP contribution in [0, 0.1) is 5.92 Å². The van der Waals surface area contributed by atoms with Crippen molar-refractivity contribution in [1.82, 2.24) is 10.3 Å². The standard InChI is InChI=1S/C14H24N2OS/c1-3-12-6-4-5-7-14(12,16-8-10-17-2)13-15-9-11-18-13/h9,11-12,16H,3-8,10H2,1-2H3. The van der Waals surface area contributed by atoms with Gasteiger partial charge in [0.25, 0.3) is 0 Å². The number of hydrogen-bond acceptors (Lipinski definition) is 4. The molecule has 0 saturated heterocycles. The molecule has 1 aliphatic carbocycles. The van der Waals surface area contributed by atoms with Gasteiger partial charge in [-0.25, -0.2) is 4.98 Å². The summed E-state index contributed by atoms with van der Waals surface area (Å²) in [7, 11) is 1.76. The van der Waals surface area contributed by atoms with Gasteiger partial charge in [0, 0.05) is 25.2 Å². The number of thiazole rings is 1. The molecule has 0 aliphatic heterocycles. The van der Waals surface area contributed by atoms with Crippen LogP contribution in [-0.2, 0) is 10.3 Å². The summed E-state index contributed by atoms with van der Waals surface area (Å²) in [5, 5.41) is 7.12. The molecule has 0 spiro atoms. The maximum atomic E-state index is 5.18. The van der Waals surface area contributed by atoms with E-state index in [0.717, 1.165) is 13.2 Å². The minimum absolute atomic E-state index is 0.0969. The number of nitrogens with zero attached hydrogens (tertiary/aromatic N) is 1. The van der Waals surface area contributed by atoms with Crippen molar-refractivity contribution in [3.05, 3.63) is 16.6 Å². The highest BCUT2D eigenvalue weighted by Gasteiger charge is 2.42. The van der Waals surface area contributed by atoms with Crippen LogP contribution in [0.1, 0.15) is 44.0 Å². The zero-order chi connectivity index (χ0) is 12.8. The van der Waals surface area contributed by atoms with E-state index < -0.39 is 0 Å². The molecule has 0 aromatic carbocycles. The van der Waals surface area contributed by atoms with Gasteiger partial charge < -0.3 is 10.1 Å². The lowest BCUT2D eigenvalue weighted by atomic mass is 9.71. The Morgan fingerprint density at radius 3 is 3.11 bits per heavy atom. The molecule has 1 fully saturated rings. The first-order valence-electron chi connectivity index (χ1n) is 6.97. The van der Waals surface area contributed by atoms with E-state index in [0.29, 0.717) is 5.92 Å². The van der Waals surface area contributed by atoms with Crippen molar-refractivity contribution in [3.63, 3.8) is 0 Å². The van der Waals surface area contributed by atoms with E-state index in [1.54, 1.807) is 18.4 Å². The van der Waals surface area contributed by atoms with Gasteiger partial charge in [-0.2, -0.15) is 0 Å². The molecule has 0 bridgehead atoms. The lowest BCUT2D eigenvalue weighted by Crippen LogP contribution is -2.51. The number of ether oxygens (including phenoxy) is 1. The molecule has 1 aromatic heterocycles. The van der Waals surface area contributed by atoms with Crippen LogP contribution < -0.4 is 5.32 Å². The molecule has 0 amide bonds. The first kappa shape index (κ1) is 14.0. The molecule has 18 heavy (non-hydrogen) atoms. The molecule has 1 heterocycles. The van der Waals surface area contributed by atoms with Crippen LogP contribution >= 0.6 is 11.3 Å². The molecule has 2 unspecified atom stereocenters. The van der Waals surface area contributed by atoms with Crippen molar-refractivity contribution >= 4 is 11.3 Å². The number of rotatable bonds is 6. The third-order valence-electron chi connectivity index (χ3n) is 4.12. The second-order valence-corrected chi connectivity index (χ2v) is 5.97. The molecule has 102 valence electrons. The quantitative estimate of drug-likeness (QED) is 0.805. The van der Waals surface area contributed by atoms with Gasteiger partial charge in [-0.05, 0) is 18.8 Å². The van der Waals surface area contributed by atoms with Crippen LogP contribution in [0.25, 0.3) is 0 Å². The second kappa shape index (κ2) is 6.64. The molecular formula is C14H24N2OS. The largest absolute Gasteiger partial charge is 0.383 e. The van der Waals surface area contributed by atoms with Crippen molar-refractivity contribution in [2.24, 2.45) is 5.92 Å². The molecule has 0 radical (unpaired) electrons. The van der Waals surface area contributed by atoms with Crippen molar-refractivity contribution in [3.8, 4) is 0 Å². The molecule has 4 heteroatoms. The SMILES string of the molecule is CCC1CCCCC1(NCCOC)c1nccs1. The van der Waals surface area contributed by atoms with Gasteiger partial charge in [-0.1, -0.05) is 26.2 Å². The van der Waals surface area contributed by atoms with E-state index in [1.165, 1.54) is 37.1 Å². The minimum atomic E-state index is 0.0969. The van der Waals surface area contributed by atoms with Gasteiger partial charge in [0.1, 0.15) is 5.01 Å². The number of nitrogens with one attached hydrogen (secondary N) is 1. The highest BCUT2D eigenvalue weighted by Crippen LogP contribution is 2.43. The monoisotopic (exact) mass is 268 g/mol. The fourth-order valence-corrected chi connectivity index (χ4v) is 4.13. The molecular weight excluding hydrogens is 244 g/mol. The smallest absolute Gasteiger partial charge is 0.113 e. The Bertz CT molecular complexity index is 342. The Kier molecular flexibility index (Phi) is 5.15. The van der Waals surface area contributed by atoms with Gasteiger partial charge >= 0.3 is 0 Å². The van der Waals surface area contributed by atoms with Crippen LogP contribution in [0.4, 0.5) is 0 Å². The number of aromatic nitrogens is 1. The van der Waals surface area contributed by atoms with E-state index in [-0.39, 0.29) is 5.54 Å². The van der Waals surface area contributed by atoms with E-state index in [4.69, 9.17) is 4.74 Å².